The van der Waals surface area contributed by atoms with Crippen LogP contribution in [0.15, 0.2) is 0 Å². The summed E-state index contributed by atoms with van der Waals surface area (Å²) in [6.07, 6.45) is 4.00. The Kier molecular flexibility index (Phi) is 4.14. The van der Waals surface area contributed by atoms with E-state index in [4.69, 9.17) is 0 Å². The Morgan fingerprint density at radius 1 is 1.53 bits per heavy atom. The van der Waals surface area contributed by atoms with Crippen LogP contribution < -0.4 is 5.32 Å². The lowest BCUT2D eigenvalue weighted by Crippen LogP contribution is -2.46. The van der Waals surface area contributed by atoms with Gasteiger partial charge in [0.05, 0.1) is 0 Å². The summed E-state index contributed by atoms with van der Waals surface area (Å²) in [4.78, 5) is 13.9. The van der Waals surface area contributed by atoms with Crippen molar-refractivity contribution in [3.05, 3.63) is 0 Å². The number of rotatable bonds is 4. The van der Waals surface area contributed by atoms with Gasteiger partial charge in [0.25, 0.3) is 0 Å². The minimum absolute atomic E-state index is 0.0182. The van der Waals surface area contributed by atoms with Crippen molar-refractivity contribution in [2.45, 2.75) is 58.0 Å². The largest absolute Gasteiger partial charge is 0.341 e. The maximum atomic E-state index is 12.0. The van der Waals surface area contributed by atoms with Crippen molar-refractivity contribution in [1.82, 2.24) is 10.2 Å². The van der Waals surface area contributed by atoms with E-state index in [9.17, 15) is 4.79 Å². The van der Waals surface area contributed by atoms with Crippen molar-refractivity contribution in [1.29, 1.82) is 0 Å². The summed E-state index contributed by atoms with van der Waals surface area (Å²) < 4.78 is 0. The van der Waals surface area contributed by atoms with E-state index in [2.05, 4.69) is 26.1 Å². The second-order valence-corrected chi connectivity index (χ2v) is 5.12. The summed E-state index contributed by atoms with van der Waals surface area (Å²) in [5.41, 5.74) is -0.0182. The molecule has 0 aromatic rings. The molecule has 3 heteroatoms. The van der Waals surface area contributed by atoms with Crippen LogP contribution in [0, 0.1) is 0 Å². The van der Waals surface area contributed by atoms with Gasteiger partial charge in [0.15, 0.2) is 0 Å². The molecule has 0 spiro atoms. The van der Waals surface area contributed by atoms with Crippen LogP contribution in [0.3, 0.4) is 0 Å². The summed E-state index contributed by atoms with van der Waals surface area (Å²) in [5.74, 6) is 0.265. The van der Waals surface area contributed by atoms with Gasteiger partial charge in [-0.2, -0.15) is 0 Å². The molecule has 1 aliphatic heterocycles. The minimum Gasteiger partial charge on any atom is -0.341 e. The molecule has 88 valence electrons. The summed E-state index contributed by atoms with van der Waals surface area (Å²) >= 11 is 0. The lowest BCUT2D eigenvalue weighted by Gasteiger charge is -2.35. The van der Waals surface area contributed by atoms with Gasteiger partial charge in [-0.05, 0) is 39.7 Å². The van der Waals surface area contributed by atoms with Crippen molar-refractivity contribution >= 4 is 5.91 Å². The molecule has 0 aromatic carbocycles. The van der Waals surface area contributed by atoms with Crippen LogP contribution in [-0.2, 0) is 4.79 Å². The summed E-state index contributed by atoms with van der Waals surface area (Å²) in [6.45, 7) is 7.43. The minimum atomic E-state index is -0.0182. The second kappa shape index (κ2) is 4.97. The molecule has 1 fully saturated rings. The Morgan fingerprint density at radius 3 is 2.67 bits per heavy atom. The molecule has 1 rings (SSSR count). The first kappa shape index (κ1) is 12.5. The van der Waals surface area contributed by atoms with Crippen molar-refractivity contribution in [3.63, 3.8) is 0 Å². The lowest BCUT2D eigenvalue weighted by atomic mass is 9.99. The molecule has 1 atom stereocenters. The Bertz CT molecular complexity index is 220. The summed E-state index contributed by atoms with van der Waals surface area (Å²) in [6, 6.07) is 0.410. The second-order valence-electron chi connectivity index (χ2n) is 5.12. The van der Waals surface area contributed by atoms with Gasteiger partial charge in [-0.15, -0.1) is 0 Å². The van der Waals surface area contributed by atoms with Crippen LogP contribution in [0.2, 0.25) is 0 Å². The molecular weight excluding hydrogens is 188 g/mol. The SMILES string of the molecule is CCC(C)(C)N(C)C(=O)CC1CCCN1. The number of nitrogens with one attached hydrogen (secondary N) is 1. The third kappa shape index (κ3) is 3.20. The average Bonchev–Trinajstić information content (AvgIpc) is 2.69. The summed E-state index contributed by atoms with van der Waals surface area (Å²) in [7, 11) is 1.92. The van der Waals surface area contributed by atoms with Crippen molar-refractivity contribution in [2.75, 3.05) is 13.6 Å². The van der Waals surface area contributed by atoms with Crippen molar-refractivity contribution in [3.8, 4) is 0 Å². The van der Waals surface area contributed by atoms with E-state index >= 15 is 0 Å². The van der Waals surface area contributed by atoms with Gasteiger partial charge >= 0.3 is 0 Å². The number of nitrogens with zero attached hydrogens (tertiary/aromatic N) is 1. The topological polar surface area (TPSA) is 32.3 Å². The Labute approximate surface area is 93.2 Å². The molecular formula is C12H24N2O. The average molecular weight is 212 g/mol. The van der Waals surface area contributed by atoms with Gasteiger partial charge < -0.3 is 10.2 Å². The van der Waals surface area contributed by atoms with Crippen molar-refractivity contribution in [2.24, 2.45) is 0 Å². The van der Waals surface area contributed by atoms with Gasteiger partial charge in [0.2, 0.25) is 5.91 Å². The molecule has 0 saturated carbocycles. The first-order valence-electron chi connectivity index (χ1n) is 5.97. The Hall–Kier alpha value is -0.570. The Morgan fingerprint density at radius 2 is 2.20 bits per heavy atom. The van der Waals surface area contributed by atoms with Gasteiger partial charge in [0, 0.05) is 25.0 Å². The van der Waals surface area contributed by atoms with E-state index in [-0.39, 0.29) is 11.4 Å². The zero-order valence-corrected chi connectivity index (χ0v) is 10.5. The highest BCUT2D eigenvalue weighted by Gasteiger charge is 2.27. The zero-order valence-electron chi connectivity index (χ0n) is 10.5. The molecule has 1 unspecified atom stereocenters. The molecule has 0 bridgehead atoms. The highest BCUT2D eigenvalue weighted by Crippen LogP contribution is 2.19. The predicted molar refractivity (Wildman–Crippen MR) is 62.8 cm³/mol. The fourth-order valence-corrected chi connectivity index (χ4v) is 1.85. The van der Waals surface area contributed by atoms with Crippen LogP contribution >= 0.6 is 0 Å². The molecule has 1 amide bonds. The molecule has 0 aromatic heterocycles. The number of hydrogen-bond acceptors (Lipinski definition) is 2. The normalized spacial score (nSPS) is 21.7. The predicted octanol–water partition coefficient (Wildman–Crippen LogP) is 1.78. The molecule has 0 aliphatic carbocycles. The van der Waals surface area contributed by atoms with Crippen LogP contribution in [0.4, 0.5) is 0 Å². The number of amides is 1. The van der Waals surface area contributed by atoms with E-state index in [1.807, 2.05) is 11.9 Å². The fourth-order valence-electron chi connectivity index (χ4n) is 1.85. The smallest absolute Gasteiger partial charge is 0.224 e. The number of hydrogen-bond donors (Lipinski definition) is 1. The molecule has 3 nitrogen and oxygen atoms in total. The first-order valence-corrected chi connectivity index (χ1v) is 5.97. The third-order valence-corrected chi connectivity index (χ3v) is 3.73. The quantitative estimate of drug-likeness (QED) is 0.770. The zero-order chi connectivity index (χ0) is 11.5. The standard InChI is InChI=1S/C12H24N2O/c1-5-12(2,3)14(4)11(15)9-10-7-6-8-13-10/h10,13H,5-9H2,1-4H3. The summed E-state index contributed by atoms with van der Waals surface area (Å²) in [5, 5.41) is 3.36. The first-order chi connectivity index (χ1) is 6.97. The van der Waals surface area contributed by atoms with E-state index in [0.717, 1.165) is 19.4 Å². The van der Waals surface area contributed by atoms with Gasteiger partial charge in [-0.1, -0.05) is 6.92 Å². The van der Waals surface area contributed by atoms with E-state index < -0.39 is 0 Å². The van der Waals surface area contributed by atoms with Crippen LogP contribution in [-0.4, -0.2) is 36.0 Å². The van der Waals surface area contributed by atoms with E-state index in [1.165, 1.54) is 6.42 Å². The van der Waals surface area contributed by atoms with Crippen molar-refractivity contribution < 1.29 is 4.79 Å². The molecule has 1 saturated heterocycles. The molecule has 1 N–H and O–H groups in total. The van der Waals surface area contributed by atoms with Gasteiger partial charge in [-0.25, -0.2) is 0 Å². The van der Waals surface area contributed by atoms with Crippen LogP contribution in [0.1, 0.15) is 46.5 Å². The van der Waals surface area contributed by atoms with E-state index in [0.29, 0.717) is 12.5 Å². The van der Waals surface area contributed by atoms with Crippen LogP contribution in [0.25, 0.3) is 0 Å². The number of carbonyl (C=O) groups is 1. The fraction of sp³-hybridized carbons (Fsp3) is 0.917. The Balaban J connectivity index is 2.45. The molecule has 0 radical (unpaired) electrons. The van der Waals surface area contributed by atoms with Gasteiger partial charge in [-0.3, -0.25) is 4.79 Å². The molecule has 1 aliphatic rings. The van der Waals surface area contributed by atoms with Crippen LogP contribution in [0.5, 0.6) is 0 Å². The highest BCUT2D eigenvalue weighted by atomic mass is 16.2. The monoisotopic (exact) mass is 212 g/mol. The van der Waals surface area contributed by atoms with E-state index in [1.54, 1.807) is 0 Å². The third-order valence-electron chi connectivity index (χ3n) is 3.73. The molecule has 15 heavy (non-hydrogen) atoms. The maximum absolute atomic E-state index is 12.0. The highest BCUT2D eigenvalue weighted by molar-refractivity contribution is 5.77. The van der Waals surface area contributed by atoms with Gasteiger partial charge in [0.1, 0.15) is 0 Å². The number of carbonyl (C=O) groups excluding carboxylic acids is 1. The molecule has 1 heterocycles. The lowest BCUT2D eigenvalue weighted by molar-refractivity contribution is -0.135. The maximum Gasteiger partial charge on any atom is 0.224 e.